The van der Waals surface area contributed by atoms with E-state index >= 15 is 0 Å². The number of nitrogens with zero attached hydrogens (tertiary/aromatic N) is 2. The van der Waals surface area contributed by atoms with Crippen molar-refractivity contribution in [3.8, 4) is 11.5 Å². The van der Waals surface area contributed by atoms with Crippen LogP contribution in [-0.2, 0) is 17.9 Å². The number of benzene rings is 2. The smallest absolute Gasteiger partial charge is 0.227 e. The Balaban J connectivity index is 0.00000306. The van der Waals surface area contributed by atoms with Crippen LogP contribution in [0, 0.1) is 5.92 Å². The monoisotopic (exact) mass is 559 g/mol. The number of aromatic nitrogens is 1. The van der Waals surface area contributed by atoms with Gasteiger partial charge in [0, 0.05) is 23.7 Å². The van der Waals surface area contributed by atoms with Crippen molar-refractivity contribution >= 4 is 41.5 Å². The van der Waals surface area contributed by atoms with Crippen molar-refractivity contribution in [2.45, 2.75) is 39.3 Å². The first-order valence-electron chi connectivity index (χ1n) is 11.1. The minimum atomic E-state index is 0. The van der Waals surface area contributed by atoms with Crippen LogP contribution in [0.25, 0.3) is 11.5 Å². The van der Waals surface area contributed by atoms with E-state index in [-0.39, 0.29) is 35.8 Å². The number of carbonyl (C=O) groups excluding carboxylic acids is 1. The normalized spacial score (nSPS) is 13.5. The zero-order chi connectivity index (χ0) is 22.2. The van der Waals surface area contributed by atoms with Gasteiger partial charge in [-0.25, -0.2) is 9.98 Å². The maximum absolute atomic E-state index is 12.2. The Kier molecular flexibility index (Phi) is 9.29. The predicted molar refractivity (Wildman–Crippen MR) is 141 cm³/mol. The molecule has 0 spiro atoms. The zero-order valence-electron chi connectivity index (χ0n) is 18.7. The fourth-order valence-corrected chi connectivity index (χ4v) is 3.45. The Morgan fingerprint density at radius 3 is 2.67 bits per heavy atom. The Hall–Kier alpha value is -2.88. The molecule has 0 aliphatic heterocycles. The number of amides is 1. The first kappa shape index (κ1) is 24.8. The third-order valence-corrected chi connectivity index (χ3v) is 5.44. The fraction of sp³-hybridized carbons (Fsp3) is 0.320. The van der Waals surface area contributed by atoms with Gasteiger partial charge < -0.3 is 20.4 Å². The van der Waals surface area contributed by atoms with Crippen LogP contribution in [-0.4, -0.2) is 23.4 Å². The molecule has 3 N–H and O–H groups in total. The standard InChI is InChI=1S/C25H29N5O2.HI/c1-2-26-25(28-16-22-17-32-24(30-22)20-9-4-3-5-10-20)27-15-18-8-6-13-21(14-18)29-23(31)19-11-7-12-19;/h3-6,8-10,13-14,17,19H,2,7,11-12,15-16H2,1H3,(H,29,31)(H2,26,27,28);1H. The van der Waals surface area contributed by atoms with Gasteiger partial charge in [0.25, 0.3) is 0 Å². The van der Waals surface area contributed by atoms with Crippen LogP contribution in [0.5, 0.6) is 0 Å². The van der Waals surface area contributed by atoms with Crippen LogP contribution in [0.1, 0.15) is 37.4 Å². The van der Waals surface area contributed by atoms with Crippen molar-refractivity contribution in [3.63, 3.8) is 0 Å². The summed E-state index contributed by atoms with van der Waals surface area (Å²) in [4.78, 5) is 21.4. The zero-order valence-corrected chi connectivity index (χ0v) is 21.0. The molecule has 1 aromatic heterocycles. The lowest BCUT2D eigenvalue weighted by atomic mass is 9.85. The van der Waals surface area contributed by atoms with E-state index in [0.717, 1.165) is 48.3 Å². The van der Waals surface area contributed by atoms with Gasteiger partial charge in [0.2, 0.25) is 11.8 Å². The van der Waals surface area contributed by atoms with Crippen LogP contribution >= 0.6 is 24.0 Å². The molecule has 0 saturated heterocycles. The molecule has 8 heteroatoms. The number of rotatable bonds is 8. The van der Waals surface area contributed by atoms with Gasteiger partial charge in [-0.1, -0.05) is 36.8 Å². The van der Waals surface area contributed by atoms with Crippen LogP contribution in [0.4, 0.5) is 5.69 Å². The van der Waals surface area contributed by atoms with Crippen molar-refractivity contribution < 1.29 is 9.21 Å². The van der Waals surface area contributed by atoms with Crippen LogP contribution < -0.4 is 16.0 Å². The predicted octanol–water partition coefficient (Wildman–Crippen LogP) is 4.95. The molecule has 2 aromatic carbocycles. The summed E-state index contributed by atoms with van der Waals surface area (Å²) in [5.74, 6) is 1.58. The van der Waals surface area contributed by atoms with Gasteiger partial charge in [-0.3, -0.25) is 4.79 Å². The quantitative estimate of drug-likeness (QED) is 0.206. The molecule has 1 fully saturated rings. The molecular weight excluding hydrogens is 529 g/mol. The number of aliphatic imine (C=N–C) groups is 1. The molecule has 0 bridgehead atoms. The third-order valence-electron chi connectivity index (χ3n) is 5.44. The molecular formula is C25H30IN5O2. The molecule has 174 valence electrons. The maximum atomic E-state index is 12.2. The van der Waals surface area contributed by atoms with Crippen LogP contribution in [0.2, 0.25) is 0 Å². The van der Waals surface area contributed by atoms with E-state index in [1.807, 2.05) is 61.5 Å². The van der Waals surface area contributed by atoms with Gasteiger partial charge in [0.15, 0.2) is 5.96 Å². The van der Waals surface area contributed by atoms with E-state index in [1.165, 1.54) is 0 Å². The average Bonchev–Trinajstić information content (AvgIpc) is 3.24. The van der Waals surface area contributed by atoms with E-state index in [1.54, 1.807) is 6.26 Å². The molecule has 1 heterocycles. The van der Waals surface area contributed by atoms with Gasteiger partial charge in [-0.2, -0.15) is 0 Å². The third kappa shape index (κ3) is 7.05. The second-order valence-corrected chi connectivity index (χ2v) is 7.88. The highest BCUT2D eigenvalue weighted by atomic mass is 127. The van der Waals surface area contributed by atoms with Gasteiger partial charge in [-0.15, -0.1) is 24.0 Å². The van der Waals surface area contributed by atoms with Gasteiger partial charge >= 0.3 is 0 Å². The molecule has 33 heavy (non-hydrogen) atoms. The number of hydrogen-bond donors (Lipinski definition) is 3. The fourth-order valence-electron chi connectivity index (χ4n) is 3.45. The molecule has 1 amide bonds. The summed E-state index contributed by atoms with van der Waals surface area (Å²) < 4.78 is 5.60. The summed E-state index contributed by atoms with van der Waals surface area (Å²) in [6.07, 6.45) is 4.79. The highest BCUT2D eigenvalue weighted by Crippen LogP contribution is 2.27. The summed E-state index contributed by atoms with van der Waals surface area (Å²) in [5, 5.41) is 9.57. The summed E-state index contributed by atoms with van der Waals surface area (Å²) in [7, 11) is 0. The molecule has 0 atom stereocenters. The number of guanidine groups is 1. The van der Waals surface area contributed by atoms with Crippen molar-refractivity contribution in [3.05, 3.63) is 72.1 Å². The highest BCUT2D eigenvalue weighted by molar-refractivity contribution is 14.0. The topological polar surface area (TPSA) is 91.5 Å². The van der Waals surface area contributed by atoms with Gasteiger partial charge in [0.05, 0.1) is 18.8 Å². The van der Waals surface area contributed by atoms with Crippen molar-refractivity contribution in [1.29, 1.82) is 0 Å². The minimum absolute atomic E-state index is 0. The van der Waals surface area contributed by atoms with E-state index in [0.29, 0.717) is 24.9 Å². The lowest BCUT2D eigenvalue weighted by molar-refractivity contribution is -0.122. The van der Waals surface area contributed by atoms with Crippen molar-refractivity contribution in [1.82, 2.24) is 15.6 Å². The lowest BCUT2D eigenvalue weighted by Crippen LogP contribution is -2.36. The number of nitrogens with one attached hydrogen (secondary N) is 3. The Morgan fingerprint density at radius 2 is 1.94 bits per heavy atom. The van der Waals surface area contributed by atoms with E-state index in [2.05, 4.69) is 25.9 Å². The van der Waals surface area contributed by atoms with E-state index in [4.69, 9.17) is 4.42 Å². The van der Waals surface area contributed by atoms with E-state index < -0.39 is 0 Å². The number of halogens is 1. The highest BCUT2D eigenvalue weighted by Gasteiger charge is 2.25. The van der Waals surface area contributed by atoms with E-state index in [9.17, 15) is 4.79 Å². The molecule has 3 aromatic rings. The SMILES string of the molecule is CCNC(=NCc1cccc(NC(=O)C2CCC2)c1)NCc1coc(-c2ccccc2)n1.I. The lowest BCUT2D eigenvalue weighted by Gasteiger charge is -2.24. The number of anilines is 1. The molecule has 0 radical (unpaired) electrons. The first-order chi connectivity index (χ1) is 15.7. The number of hydrogen-bond acceptors (Lipinski definition) is 4. The molecule has 1 aliphatic carbocycles. The van der Waals surface area contributed by atoms with Gasteiger partial charge in [0.1, 0.15) is 6.26 Å². The molecule has 7 nitrogen and oxygen atoms in total. The van der Waals surface area contributed by atoms with Crippen LogP contribution in [0.3, 0.4) is 0 Å². The van der Waals surface area contributed by atoms with Crippen molar-refractivity contribution in [2.24, 2.45) is 10.9 Å². The Morgan fingerprint density at radius 1 is 1.12 bits per heavy atom. The molecule has 4 rings (SSSR count). The summed E-state index contributed by atoms with van der Waals surface area (Å²) in [5.41, 5.74) is 3.60. The Bertz CT molecular complexity index is 1060. The molecule has 0 unspecified atom stereocenters. The number of oxazole rings is 1. The maximum Gasteiger partial charge on any atom is 0.227 e. The molecule has 1 saturated carbocycles. The second-order valence-electron chi connectivity index (χ2n) is 7.88. The number of carbonyl (C=O) groups is 1. The van der Waals surface area contributed by atoms with Crippen molar-refractivity contribution in [2.75, 3.05) is 11.9 Å². The second kappa shape index (κ2) is 12.4. The summed E-state index contributed by atoms with van der Waals surface area (Å²) >= 11 is 0. The molecule has 1 aliphatic rings. The Labute approximate surface area is 211 Å². The summed E-state index contributed by atoms with van der Waals surface area (Å²) in [6, 6.07) is 17.7. The summed E-state index contributed by atoms with van der Waals surface area (Å²) in [6.45, 7) is 3.77. The minimum Gasteiger partial charge on any atom is -0.444 e. The van der Waals surface area contributed by atoms with Crippen LogP contribution in [0.15, 0.2) is 70.3 Å². The first-order valence-corrected chi connectivity index (χ1v) is 11.1. The van der Waals surface area contributed by atoms with Gasteiger partial charge in [-0.05, 0) is 49.6 Å². The largest absolute Gasteiger partial charge is 0.444 e. The average molecular weight is 559 g/mol.